The van der Waals surface area contributed by atoms with Crippen molar-refractivity contribution in [1.82, 2.24) is 9.97 Å². The van der Waals surface area contributed by atoms with Crippen LogP contribution in [0.3, 0.4) is 0 Å². The Morgan fingerprint density at radius 3 is 2.85 bits per heavy atom. The fourth-order valence-electron chi connectivity index (χ4n) is 4.37. The van der Waals surface area contributed by atoms with Crippen LogP contribution in [0.4, 0.5) is 14.6 Å². The van der Waals surface area contributed by atoms with Gasteiger partial charge in [0.1, 0.15) is 23.1 Å². The first-order valence-electron chi connectivity index (χ1n) is 10.8. The molecule has 5 rings (SSSR count). The second-order valence-corrected chi connectivity index (χ2v) is 10.9. The molecule has 1 atom stereocenters. The third-order valence-corrected chi connectivity index (χ3v) is 7.68. The highest BCUT2D eigenvalue weighted by Crippen LogP contribution is 2.43. The van der Waals surface area contributed by atoms with Gasteiger partial charge in [0.15, 0.2) is 6.61 Å². The molecule has 7 nitrogen and oxygen atoms in total. The number of nitrogens with zero attached hydrogens (tertiary/aromatic N) is 2. The predicted octanol–water partition coefficient (Wildman–Crippen LogP) is 4.88. The van der Waals surface area contributed by atoms with Crippen molar-refractivity contribution in [3.63, 3.8) is 0 Å². The second kappa shape index (κ2) is 8.19. The quantitative estimate of drug-likeness (QED) is 0.534. The smallest absolute Gasteiger partial charge is 0.310 e. The van der Waals surface area contributed by atoms with E-state index in [1.807, 2.05) is 18.2 Å². The van der Waals surface area contributed by atoms with Crippen molar-refractivity contribution in [3.8, 4) is 11.5 Å². The molecule has 2 aromatic carbocycles. The number of para-hydroxylation sites is 1. The monoisotopic (exact) mass is 486 g/mol. The molecule has 0 spiro atoms. The van der Waals surface area contributed by atoms with Gasteiger partial charge in [0.05, 0.1) is 23.9 Å². The molecular weight excluding hydrogens is 462 g/mol. The molecule has 0 amide bonds. The average Bonchev–Trinajstić information content (AvgIpc) is 3.12. The first-order chi connectivity index (χ1) is 16.2. The molecule has 1 unspecified atom stereocenters. The fourth-order valence-corrected chi connectivity index (χ4v) is 5.56. The van der Waals surface area contributed by atoms with E-state index in [9.17, 15) is 13.0 Å². The summed E-state index contributed by atoms with van der Waals surface area (Å²) in [5, 5.41) is 4.02. The van der Waals surface area contributed by atoms with Gasteiger partial charge in [-0.05, 0) is 31.1 Å². The first-order valence-corrected chi connectivity index (χ1v) is 12.7. The van der Waals surface area contributed by atoms with Gasteiger partial charge in [-0.25, -0.2) is 14.2 Å². The highest BCUT2D eigenvalue weighted by Gasteiger charge is 2.42. The van der Waals surface area contributed by atoms with Crippen molar-refractivity contribution >= 4 is 32.0 Å². The van der Waals surface area contributed by atoms with E-state index in [0.717, 1.165) is 16.5 Å². The number of allylic oxidation sites excluding steroid dienone is 1. The van der Waals surface area contributed by atoms with Crippen LogP contribution in [-0.4, -0.2) is 39.4 Å². The zero-order valence-corrected chi connectivity index (χ0v) is 19.6. The summed E-state index contributed by atoms with van der Waals surface area (Å²) in [5.41, 5.74) is 3.00. The number of hydrogen-bond acceptors (Lipinski definition) is 7. The van der Waals surface area contributed by atoms with Crippen LogP contribution in [0, 0.1) is 11.7 Å². The van der Waals surface area contributed by atoms with Gasteiger partial charge in [0.2, 0.25) is 0 Å². The fraction of sp³-hybridized carbons (Fsp3) is 0.333. The molecule has 10 heteroatoms. The zero-order valence-electron chi connectivity index (χ0n) is 18.8. The normalized spacial score (nSPS) is 21.0. The number of methoxy groups -OCH3 is 1. The number of aromatic nitrogens is 2. The summed E-state index contributed by atoms with van der Waals surface area (Å²) in [6.45, 7) is 1.37. The number of nitrogens with one attached hydrogen (secondary N) is 2. The molecule has 0 bridgehead atoms. The van der Waals surface area contributed by atoms with Crippen LogP contribution < -0.4 is 14.8 Å². The van der Waals surface area contributed by atoms with Crippen molar-refractivity contribution < 1.29 is 22.5 Å². The molecule has 0 fully saturated rings. The lowest BCUT2D eigenvalue weighted by Crippen LogP contribution is -2.14. The molecule has 178 valence electrons. The highest BCUT2D eigenvalue weighted by atomic mass is 32.2. The van der Waals surface area contributed by atoms with E-state index in [1.165, 1.54) is 6.07 Å². The minimum Gasteiger partial charge on any atom is -0.496 e. The van der Waals surface area contributed by atoms with Crippen molar-refractivity contribution in [2.24, 2.45) is 0 Å². The average molecular weight is 487 g/mol. The van der Waals surface area contributed by atoms with Gasteiger partial charge in [-0.1, -0.05) is 18.2 Å². The maximum atomic E-state index is 14.1. The van der Waals surface area contributed by atoms with E-state index in [-0.39, 0.29) is 23.6 Å². The molecule has 2 aliphatic rings. The molecule has 3 heterocycles. The number of ether oxygens (including phenoxy) is 2. The van der Waals surface area contributed by atoms with Crippen molar-refractivity contribution in [2.75, 3.05) is 30.5 Å². The summed E-state index contributed by atoms with van der Waals surface area (Å²) in [6, 6.07) is 8.51. The Kier molecular flexibility index (Phi) is 5.43. The second-order valence-electron chi connectivity index (χ2n) is 8.49. The number of fused-ring (bicyclic) bond motifs is 2. The van der Waals surface area contributed by atoms with Crippen LogP contribution in [0.2, 0.25) is 0 Å². The summed E-state index contributed by atoms with van der Waals surface area (Å²) in [5.74, 6) is -0.514. The molecule has 3 aromatic rings. The third kappa shape index (κ3) is 4.06. The maximum absolute atomic E-state index is 14.1. The summed E-state index contributed by atoms with van der Waals surface area (Å²) >= 11 is 0. The number of hydrogen-bond donors (Lipinski definition) is 2. The number of rotatable bonds is 5. The van der Waals surface area contributed by atoms with Gasteiger partial charge in [0, 0.05) is 44.6 Å². The van der Waals surface area contributed by atoms with E-state index in [4.69, 9.17) is 14.3 Å². The number of aryl methyl sites for hydroxylation is 1. The predicted molar refractivity (Wildman–Crippen MR) is 127 cm³/mol. The minimum atomic E-state index is -2.99. The van der Waals surface area contributed by atoms with E-state index in [1.54, 1.807) is 26.2 Å². The van der Waals surface area contributed by atoms with Gasteiger partial charge in [-0.2, -0.15) is 8.78 Å². The molecule has 0 saturated heterocycles. The summed E-state index contributed by atoms with van der Waals surface area (Å²) < 4.78 is 59.0. The SMILES string of the molecule is COc1cc2nc(C)nc(NCc3cccc4c3OCC4(F)F)c2cc1C1=CCS(=N)(=O)CC1. The molecule has 34 heavy (non-hydrogen) atoms. The Hall–Kier alpha value is -3.27. The maximum Gasteiger partial charge on any atom is 0.310 e. The third-order valence-electron chi connectivity index (χ3n) is 6.11. The van der Waals surface area contributed by atoms with E-state index >= 15 is 0 Å². The number of benzene rings is 2. The lowest BCUT2D eigenvalue weighted by molar-refractivity contribution is -0.0214. The van der Waals surface area contributed by atoms with Crippen molar-refractivity contribution in [3.05, 3.63) is 58.9 Å². The van der Waals surface area contributed by atoms with Crippen molar-refractivity contribution in [2.45, 2.75) is 25.8 Å². The Balaban J connectivity index is 1.53. The van der Waals surface area contributed by atoms with Gasteiger partial charge in [-0.15, -0.1) is 0 Å². The standard InChI is InChI=1S/C24H24F2N4O3S/c1-14-29-20-11-21(32-2)17(15-6-8-34(27,31)9-7-15)10-18(20)23(30-14)28-12-16-4-3-5-19-22(16)33-13-24(19,25)26/h3-6,10-11,27H,7-9,12-13H2,1-2H3,(H,28,29,30). The van der Waals surface area contributed by atoms with E-state index in [0.29, 0.717) is 40.6 Å². The lowest BCUT2D eigenvalue weighted by atomic mass is 9.99. The van der Waals surface area contributed by atoms with Gasteiger partial charge < -0.3 is 14.8 Å². The summed E-state index contributed by atoms with van der Waals surface area (Å²) in [6.07, 6.45) is 2.36. The zero-order chi connectivity index (χ0) is 24.1. The molecule has 0 radical (unpaired) electrons. The van der Waals surface area contributed by atoms with Crippen LogP contribution in [0.15, 0.2) is 36.4 Å². The Morgan fingerprint density at radius 2 is 2.12 bits per heavy atom. The lowest BCUT2D eigenvalue weighted by Gasteiger charge is -2.19. The highest BCUT2D eigenvalue weighted by molar-refractivity contribution is 7.92. The van der Waals surface area contributed by atoms with Crippen molar-refractivity contribution in [1.29, 1.82) is 4.78 Å². The van der Waals surface area contributed by atoms with Gasteiger partial charge in [-0.3, -0.25) is 4.78 Å². The van der Waals surface area contributed by atoms with E-state index < -0.39 is 22.3 Å². The first kappa shape index (κ1) is 22.5. The molecular formula is C24H24F2N4O3S. The topological polar surface area (TPSA) is 97.2 Å². The largest absolute Gasteiger partial charge is 0.496 e. The Morgan fingerprint density at radius 1 is 1.29 bits per heavy atom. The molecule has 1 aromatic heterocycles. The van der Waals surface area contributed by atoms with Crippen LogP contribution in [0.5, 0.6) is 11.5 Å². The summed E-state index contributed by atoms with van der Waals surface area (Å²) in [7, 11) is -0.988. The van der Waals surface area contributed by atoms with Gasteiger partial charge in [0.25, 0.3) is 0 Å². The summed E-state index contributed by atoms with van der Waals surface area (Å²) in [4.78, 5) is 9.09. The number of alkyl halides is 2. The van der Waals surface area contributed by atoms with Gasteiger partial charge >= 0.3 is 5.92 Å². The molecule has 0 aliphatic carbocycles. The van der Waals surface area contributed by atoms with Crippen LogP contribution in [0.25, 0.3) is 16.5 Å². The molecule has 0 saturated carbocycles. The number of halogens is 2. The molecule has 2 N–H and O–H groups in total. The van der Waals surface area contributed by atoms with E-state index in [2.05, 4.69) is 15.3 Å². The van der Waals surface area contributed by atoms with Crippen LogP contribution in [0.1, 0.15) is 28.9 Å². The van der Waals surface area contributed by atoms with Crippen LogP contribution in [-0.2, 0) is 22.2 Å². The molecule has 2 aliphatic heterocycles. The van der Waals surface area contributed by atoms with Crippen LogP contribution >= 0.6 is 0 Å². The number of anilines is 1. The Labute approximate surface area is 196 Å². The minimum absolute atomic E-state index is 0.0993. The Bertz CT molecular complexity index is 1440.